The zero-order valence-corrected chi connectivity index (χ0v) is 10.4. The van der Waals surface area contributed by atoms with Gasteiger partial charge in [-0.15, -0.1) is 0 Å². The number of unbranched alkanes of at least 4 members (excludes halogenated alkanes) is 1. The quantitative estimate of drug-likeness (QED) is 0.616. The highest BCUT2D eigenvalue weighted by atomic mass is 16.1. The highest BCUT2D eigenvalue weighted by molar-refractivity contribution is 5.76. The van der Waals surface area contributed by atoms with Gasteiger partial charge in [0, 0.05) is 12.5 Å². The van der Waals surface area contributed by atoms with Crippen LogP contribution in [0.4, 0.5) is 0 Å². The third-order valence-corrected chi connectivity index (χ3v) is 2.91. The first kappa shape index (κ1) is 14.4. The van der Waals surface area contributed by atoms with Crippen LogP contribution in [0.1, 0.15) is 46.5 Å². The molecule has 0 aromatic heterocycles. The summed E-state index contributed by atoms with van der Waals surface area (Å²) in [7, 11) is 0. The highest BCUT2D eigenvalue weighted by Gasteiger charge is 2.09. The molecule has 0 fully saturated rings. The third-order valence-electron chi connectivity index (χ3n) is 2.91. The van der Waals surface area contributed by atoms with Gasteiger partial charge in [0.15, 0.2) is 0 Å². The number of primary amides is 1. The molecular weight excluding hydrogens is 188 g/mol. The predicted octanol–water partition coefficient (Wildman–Crippen LogP) is 1.91. The van der Waals surface area contributed by atoms with Crippen molar-refractivity contribution in [2.75, 3.05) is 13.1 Å². The van der Waals surface area contributed by atoms with Crippen LogP contribution in [0.3, 0.4) is 0 Å². The maximum absolute atomic E-state index is 10.8. The van der Waals surface area contributed by atoms with E-state index in [-0.39, 0.29) is 11.8 Å². The molecule has 0 heterocycles. The van der Waals surface area contributed by atoms with Crippen LogP contribution in [0.5, 0.6) is 0 Å². The fraction of sp³-hybridized carbons (Fsp3) is 0.917. The van der Waals surface area contributed by atoms with Crippen LogP contribution in [-0.4, -0.2) is 19.0 Å². The molecule has 0 aromatic carbocycles. The average molecular weight is 214 g/mol. The van der Waals surface area contributed by atoms with Gasteiger partial charge in [0.2, 0.25) is 5.91 Å². The molecule has 0 saturated carbocycles. The van der Waals surface area contributed by atoms with Gasteiger partial charge in [0.05, 0.1) is 0 Å². The Kier molecular flexibility index (Phi) is 8.38. The first-order valence-electron chi connectivity index (χ1n) is 6.11. The Hall–Kier alpha value is -0.570. The zero-order valence-electron chi connectivity index (χ0n) is 10.4. The van der Waals surface area contributed by atoms with Crippen molar-refractivity contribution < 1.29 is 4.79 Å². The summed E-state index contributed by atoms with van der Waals surface area (Å²) >= 11 is 0. The van der Waals surface area contributed by atoms with E-state index < -0.39 is 0 Å². The lowest BCUT2D eigenvalue weighted by Crippen LogP contribution is -2.33. The Morgan fingerprint density at radius 3 is 2.47 bits per heavy atom. The summed E-state index contributed by atoms with van der Waals surface area (Å²) in [5.74, 6) is 0.461. The molecule has 2 unspecified atom stereocenters. The van der Waals surface area contributed by atoms with E-state index in [9.17, 15) is 4.79 Å². The molecule has 0 aromatic rings. The van der Waals surface area contributed by atoms with Crippen LogP contribution in [0.15, 0.2) is 0 Å². The topological polar surface area (TPSA) is 55.1 Å². The molecule has 0 radical (unpaired) electrons. The monoisotopic (exact) mass is 214 g/mol. The second kappa shape index (κ2) is 8.72. The Morgan fingerprint density at radius 1 is 1.33 bits per heavy atom. The van der Waals surface area contributed by atoms with Crippen LogP contribution in [-0.2, 0) is 4.79 Å². The molecule has 2 atom stereocenters. The van der Waals surface area contributed by atoms with Crippen molar-refractivity contribution >= 4 is 5.91 Å². The molecule has 0 aliphatic heterocycles. The summed E-state index contributed by atoms with van der Waals surface area (Å²) < 4.78 is 0. The molecule has 0 rings (SSSR count). The predicted molar refractivity (Wildman–Crippen MR) is 64.5 cm³/mol. The van der Waals surface area contributed by atoms with E-state index in [0.29, 0.717) is 6.54 Å². The standard InChI is InChI=1S/C12H26N2O/c1-4-6-7-11(5-2)9-14-8-10(3)12(13)15/h10-11,14H,4-9H2,1-3H3,(H2,13,15). The van der Waals surface area contributed by atoms with Gasteiger partial charge in [-0.3, -0.25) is 4.79 Å². The van der Waals surface area contributed by atoms with Gasteiger partial charge in [0.1, 0.15) is 0 Å². The number of nitrogens with two attached hydrogens (primary N) is 1. The number of hydrogen-bond donors (Lipinski definition) is 2. The van der Waals surface area contributed by atoms with Crippen molar-refractivity contribution in [3.8, 4) is 0 Å². The maximum Gasteiger partial charge on any atom is 0.221 e. The highest BCUT2D eigenvalue weighted by Crippen LogP contribution is 2.11. The number of amides is 1. The van der Waals surface area contributed by atoms with Gasteiger partial charge in [-0.2, -0.15) is 0 Å². The Labute approximate surface area is 93.8 Å². The molecule has 0 bridgehead atoms. The lowest BCUT2D eigenvalue weighted by molar-refractivity contribution is -0.121. The first-order chi connectivity index (χ1) is 7.11. The van der Waals surface area contributed by atoms with Gasteiger partial charge >= 0.3 is 0 Å². The van der Waals surface area contributed by atoms with Crippen molar-refractivity contribution in [3.63, 3.8) is 0 Å². The summed E-state index contributed by atoms with van der Waals surface area (Å²) in [4.78, 5) is 10.8. The lowest BCUT2D eigenvalue weighted by atomic mass is 9.99. The van der Waals surface area contributed by atoms with E-state index in [1.54, 1.807) is 0 Å². The Morgan fingerprint density at radius 2 is 2.00 bits per heavy atom. The third kappa shape index (κ3) is 7.37. The fourth-order valence-corrected chi connectivity index (χ4v) is 1.55. The lowest BCUT2D eigenvalue weighted by Gasteiger charge is -2.16. The van der Waals surface area contributed by atoms with E-state index in [0.717, 1.165) is 12.5 Å². The number of rotatable bonds is 9. The summed E-state index contributed by atoms with van der Waals surface area (Å²) in [6.45, 7) is 8.02. The van der Waals surface area contributed by atoms with E-state index in [4.69, 9.17) is 5.73 Å². The number of nitrogens with one attached hydrogen (secondary N) is 1. The van der Waals surface area contributed by atoms with Gasteiger partial charge < -0.3 is 11.1 Å². The molecule has 0 saturated heterocycles. The molecular formula is C12H26N2O. The second-order valence-corrected chi connectivity index (χ2v) is 4.38. The normalized spacial score (nSPS) is 14.9. The zero-order chi connectivity index (χ0) is 11.7. The van der Waals surface area contributed by atoms with Gasteiger partial charge in [-0.25, -0.2) is 0 Å². The minimum absolute atomic E-state index is 0.0614. The van der Waals surface area contributed by atoms with Crippen LogP contribution in [0, 0.1) is 11.8 Å². The summed E-state index contributed by atoms with van der Waals surface area (Å²) in [5, 5.41) is 3.33. The van der Waals surface area contributed by atoms with Crippen LogP contribution in [0.25, 0.3) is 0 Å². The minimum atomic E-state index is -0.218. The Balaban J connectivity index is 3.57. The van der Waals surface area contributed by atoms with Crippen molar-refractivity contribution in [3.05, 3.63) is 0 Å². The maximum atomic E-state index is 10.8. The molecule has 0 aliphatic rings. The molecule has 0 aliphatic carbocycles. The summed E-state index contributed by atoms with van der Waals surface area (Å²) in [5.41, 5.74) is 5.19. The van der Waals surface area contributed by atoms with Crippen molar-refractivity contribution in [1.82, 2.24) is 5.32 Å². The summed E-state index contributed by atoms with van der Waals surface area (Å²) in [6, 6.07) is 0. The van der Waals surface area contributed by atoms with Crippen LogP contribution < -0.4 is 11.1 Å². The number of hydrogen-bond acceptors (Lipinski definition) is 2. The van der Waals surface area contributed by atoms with E-state index in [2.05, 4.69) is 19.2 Å². The van der Waals surface area contributed by atoms with Crippen molar-refractivity contribution in [2.24, 2.45) is 17.6 Å². The molecule has 15 heavy (non-hydrogen) atoms. The molecule has 3 N–H and O–H groups in total. The van der Waals surface area contributed by atoms with Gasteiger partial charge in [-0.05, 0) is 18.9 Å². The summed E-state index contributed by atoms with van der Waals surface area (Å²) in [6.07, 6.45) is 5.04. The van der Waals surface area contributed by atoms with Crippen molar-refractivity contribution in [2.45, 2.75) is 46.5 Å². The molecule has 0 spiro atoms. The van der Waals surface area contributed by atoms with Crippen molar-refractivity contribution in [1.29, 1.82) is 0 Å². The van der Waals surface area contributed by atoms with Crippen LogP contribution in [0.2, 0.25) is 0 Å². The molecule has 1 amide bonds. The molecule has 3 nitrogen and oxygen atoms in total. The fourth-order valence-electron chi connectivity index (χ4n) is 1.55. The molecule has 90 valence electrons. The second-order valence-electron chi connectivity index (χ2n) is 4.38. The minimum Gasteiger partial charge on any atom is -0.369 e. The van der Waals surface area contributed by atoms with Gasteiger partial charge in [0.25, 0.3) is 0 Å². The number of carbonyl (C=O) groups excluding carboxylic acids is 1. The number of carbonyl (C=O) groups is 1. The average Bonchev–Trinajstić information content (AvgIpc) is 2.22. The SMILES string of the molecule is CCCCC(CC)CNCC(C)C(N)=O. The Bertz CT molecular complexity index is 171. The van der Waals surface area contributed by atoms with E-state index >= 15 is 0 Å². The largest absolute Gasteiger partial charge is 0.369 e. The molecule has 3 heteroatoms. The first-order valence-corrected chi connectivity index (χ1v) is 6.11. The van der Waals surface area contributed by atoms with Crippen LogP contribution >= 0.6 is 0 Å². The van der Waals surface area contributed by atoms with E-state index in [1.165, 1.54) is 25.7 Å². The van der Waals surface area contributed by atoms with Gasteiger partial charge in [-0.1, -0.05) is 40.0 Å². The van der Waals surface area contributed by atoms with E-state index in [1.807, 2.05) is 6.92 Å². The smallest absolute Gasteiger partial charge is 0.221 e.